The molecular weight excluding hydrogens is 378 g/mol. The molecule has 25 heavy (non-hydrogen) atoms. The van der Waals surface area contributed by atoms with E-state index in [-0.39, 0.29) is 5.02 Å². The molecule has 0 spiro atoms. The second-order valence-electron chi connectivity index (χ2n) is 6.74. The molecule has 0 bridgehead atoms. The minimum atomic E-state index is -4.29. The molecule has 1 saturated heterocycles. The summed E-state index contributed by atoms with van der Waals surface area (Å²) in [6.45, 7) is 7.19. The third-order valence-electron chi connectivity index (χ3n) is 4.08. The lowest BCUT2D eigenvalue weighted by molar-refractivity contribution is -0.105. The molecule has 1 aromatic rings. The van der Waals surface area contributed by atoms with Crippen LogP contribution in [-0.4, -0.2) is 30.2 Å². The van der Waals surface area contributed by atoms with Crippen LogP contribution >= 0.6 is 23.4 Å². The van der Waals surface area contributed by atoms with Crippen molar-refractivity contribution in [1.29, 1.82) is 0 Å². The summed E-state index contributed by atoms with van der Waals surface area (Å²) < 4.78 is 62.7. The van der Waals surface area contributed by atoms with Gasteiger partial charge in [-0.2, -0.15) is 13.2 Å². The molecule has 0 aromatic heterocycles. The van der Waals surface area contributed by atoms with Crippen LogP contribution < -0.4 is 0 Å². The van der Waals surface area contributed by atoms with Gasteiger partial charge >= 0.3 is 13.3 Å². The average molecular weight is 397 g/mol. The highest BCUT2D eigenvalue weighted by molar-refractivity contribution is 7.99. The van der Waals surface area contributed by atoms with Crippen LogP contribution in [0, 0.1) is 0 Å². The van der Waals surface area contributed by atoms with Crippen LogP contribution in [0.2, 0.25) is 5.02 Å². The van der Waals surface area contributed by atoms with Gasteiger partial charge in [0.2, 0.25) is 0 Å². The molecule has 0 amide bonds. The van der Waals surface area contributed by atoms with Gasteiger partial charge < -0.3 is 9.31 Å². The van der Waals surface area contributed by atoms with E-state index in [1.165, 1.54) is 18.2 Å². The number of rotatable bonds is 4. The quantitative estimate of drug-likeness (QED) is 0.357. The van der Waals surface area contributed by atoms with Gasteiger partial charge in [0.1, 0.15) is 5.73 Å². The van der Waals surface area contributed by atoms with Crippen LogP contribution in [-0.2, 0) is 9.31 Å². The number of halogens is 5. The summed E-state index contributed by atoms with van der Waals surface area (Å²) in [5.41, 5.74) is -1.72. The molecule has 2 rings (SSSR count). The number of alkyl halides is 3. The first-order valence-corrected chi connectivity index (χ1v) is 8.88. The Labute approximate surface area is 154 Å². The Bertz CT molecular complexity index is 661. The number of benzene rings is 1. The van der Waals surface area contributed by atoms with Crippen LogP contribution in [0.5, 0.6) is 0 Å². The summed E-state index contributed by atoms with van der Waals surface area (Å²) in [6, 6.07) is 4.30. The normalized spacial score (nSPS) is 20.2. The molecule has 1 aliphatic rings. The van der Waals surface area contributed by atoms with Crippen LogP contribution in [0.4, 0.5) is 17.6 Å². The first-order valence-electron chi connectivity index (χ1n) is 7.52. The van der Waals surface area contributed by atoms with Crippen LogP contribution in [0.1, 0.15) is 33.3 Å². The molecule has 0 N–H and O–H groups in total. The third kappa shape index (κ3) is 5.39. The highest BCUT2D eigenvalue weighted by Gasteiger charge is 2.53. The standard InChI is InChI=1S/C16H18BClF4O2S/c1-14(2)15(3,4)24-17(23-14)13(19)7-10-5-11(18)8-12(6-10)25-9-16(20,21)22/h5-8H,9H2,1-4H3. The molecule has 2 nitrogen and oxygen atoms in total. The van der Waals surface area contributed by atoms with Crippen molar-refractivity contribution >= 4 is 36.6 Å². The van der Waals surface area contributed by atoms with Gasteiger partial charge in [-0.25, -0.2) is 4.39 Å². The second-order valence-corrected chi connectivity index (χ2v) is 8.23. The molecule has 1 fully saturated rings. The maximum Gasteiger partial charge on any atom is 0.525 e. The molecule has 1 aromatic carbocycles. The van der Waals surface area contributed by atoms with Crippen LogP contribution in [0.25, 0.3) is 6.08 Å². The molecule has 0 unspecified atom stereocenters. The molecule has 9 heteroatoms. The molecule has 0 radical (unpaired) electrons. The van der Waals surface area contributed by atoms with E-state index in [0.29, 0.717) is 22.2 Å². The lowest BCUT2D eigenvalue weighted by atomic mass is 9.87. The van der Waals surface area contributed by atoms with E-state index in [1.807, 2.05) is 0 Å². The summed E-state index contributed by atoms with van der Waals surface area (Å²) in [5.74, 6) is -1.05. The van der Waals surface area contributed by atoms with Gasteiger partial charge in [0.25, 0.3) is 0 Å². The fourth-order valence-electron chi connectivity index (χ4n) is 2.10. The number of hydrogen-bond donors (Lipinski definition) is 0. The average Bonchev–Trinajstić information content (AvgIpc) is 2.64. The summed E-state index contributed by atoms with van der Waals surface area (Å²) >= 11 is 6.52. The van der Waals surface area contributed by atoms with Crippen LogP contribution in [0.3, 0.4) is 0 Å². The third-order valence-corrected chi connectivity index (χ3v) is 5.34. The predicted octanol–water partition coefficient (Wildman–Crippen LogP) is 5.94. The minimum Gasteiger partial charge on any atom is -0.398 e. The van der Waals surface area contributed by atoms with Gasteiger partial charge in [0.15, 0.2) is 0 Å². The summed E-state index contributed by atoms with van der Waals surface area (Å²) in [7, 11) is -1.17. The minimum absolute atomic E-state index is 0.222. The summed E-state index contributed by atoms with van der Waals surface area (Å²) in [6.07, 6.45) is -3.14. The lowest BCUT2D eigenvalue weighted by Gasteiger charge is -2.32. The summed E-state index contributed by atoms with van der Waals surface area (Å²) in [4.78, 5) is 0.304. The smallest absolute Gasteiger partial charge is 0.398 e. The first kappa shape index (κ1) is 20.6. The van der Waals surface area contributed by atoms with Crippen molar-refractivity contribution in [2.45, 2.75) is 50.0 Å². The van der Waals surface area contributed by atoms with Crippen molar-refractivity contribution in [3.05, 3.63) is 34.5 Å². The Morgan fingerprint density at radius 1 is 1.16 bits per heavy atom. The SMILES string of the molecule is CC1(C)OB(C(F)=Cc2cc(Cl)cc(SCC(F)(F)F)c2)OC1(C)C. The van der Waals surface area contributed by atoms with Gasteiger partial charge in [0, 0.05) is 9.92 Å². The Morgan fingerprint density at radius 3 is 2.24 bits per heavy atom. The van der Waals surface area contributed by atoms with E-state index in [0.717, 1.165) is 6.08 Å². The largest absolute Gasteiger partial charge is 0.525 e. The van der Waals surface area contributed by atoms with Crippen molar-refractivity contribution in [3.8, 4) is 0 Å². The highest BCUT2D eigenvalue weighted by Crippen LogP contribution is 2.39. The summed E-state index contributed by atoms with van der Waals surface area (Å²) in [5, 5.41) is 0.222. The Morgan fingerprint density at radius 2 is 1.72 bits per heavy atom. The van der Waals surface area contributed by atoms with E-state index in [1.54, 1.807) is 27.7 Å². The molecule has 0 saturated carbocycles. The molecular formula is C16H18BClF4O2S. The van der Waals surface area contributed by atoms with Crippen molar-refractivity contribution in [2.75, 3.05) is 5.75 Å². The molecule has 1 heterocycles. The van der Waals surface area contributed by atoms with Gasteiger partial charge in [-0.15, -0.1) is 11.8 Å². The zero-order valence-electron chi connectivity index (χ0n) is 14.2. The van der Waals surface area contributed by atoms with Gasteiger partial charge in [-0.05, 0) is 57.5 Å². The van der Waals surface area contributed by atoms with E-state index >= 15 is 0 Å². The maximum atomic E-state index is 14.5. The fraction of sp³-hybridized carbons (Fsp3) is 0.500. The first-order chi connectivity index (χ1) is 11.3. The predicted molar refractivity (Wildman–Crippen MR) is 93.4 cm³/mol. The second kappa shape index (κ2) is 7.14. The van der Waals surface area contributed by atoms with Gasteiger partial charge in [-0.1, -0.05) is 11.6 Å². The fourth-order valence-corrected chi connectivity index (χ4v) is 3.17. The zero-order chi connectivity index (χ0) is 19.0. The Hall–Kier alpha value is -0.695. The van der Waals surface area contributed by atoms with E-state index in [9.17, 15) is 17.6 Å². The molecule has 138 valence electrons. The maximum absolute atomic E-state index is 14.5. The van der Waals surface area contributed by atoms with E-state index < -0.39 is 36.0 Å². The molecule has 0 aliphatic carbocycles. The zero-order valence-corrected chi connectivity index (χ0v) is 15.8. The highest BCUT2D eigenvalue weighted by atomic mass is 35.5. The molecule has 0 atom stereocenters. The number of hydrogen-bond acceptors (Lipinski definition) is 3. The monoisotopic (exact) mass is 396 g/mol. The van der Waals surface area contributed by atoms with E-state index in [4.69, 9.17) is 20.9 Å². The lowest BCUT2D eigenvalue weighted by Crippen LogP contribution is -2.41. The van der Waals surface area contributed by atoms with Crippen molar-refractivity contribution < 1.29 is 26.9 Å². The Kier molecular flexibility index (Phi) is 5.89. The van der Waals surface area contributed by atoms with Crippen molar-refractivity contribution in [2.24, 2.45) is 0 Å². The van der Waals surface area contributed by atoms with Crippen LogP contribution in [0.15, 0.2) is 28.8 Å². The van der Waals surface area contributed by atoms with Gasteiger partial charge in [-0.3, -0.25) is 0 Å². The Balaban J connectivity index is 2.19. The van der Waals surface area contributed by atoms with E-state index in [2.05, 4.69) is 0 Å². The topological polar surface area (TPSA) is 18.5 Å². The molecule has 1 aliphatic heterocycles. The van der Waals surface area contributed by atoms with Crippen molar-refractivity contribution in [3.63, 3.8) is 0 Å². The van der Waals surface area contributed by atoms with Crippen molar-refractivity contribution in [1.82, 2.24) is 0 Å². The van der Waals surface area contributed by atoms with Gasteiger partial charge in [0.05, 0.1) is 17.0 Å². The number of thioether (sulfide) groups is 1.